The summed E-state index contributed by atoms with van der Waals surface area (Å²) in [7, 11) is 0. The van der Waals surface area contributed by atoms with Crippen molar-refractivity contribution in [2.75, 3.05) is 26.3 Å². The van der Waals surface area contributed by atoms with Gasteiger partial charge in [0.25, 0.3) is 0 Å². The van der Waals surface area contributed by atoms with Crippen molar-refractivity contribution in [3.05, 3.63) is 47.9 Å². The molecule has 2 saturated heterocycles. The molecule has 1 N–H and O–H groups in total. The molecular formula is C28H25F5N4O3. The van der Waals surface area contributed by atoms with Gasteiger partial charge in [-0.15, -0.1) is 0 Å². The van der Waals surface area contributed by atoms with Crippen LogP contribution in [-0.4, -0.2) is 69.1 Å². The highest BCUT2D eigenvalue weighted by Gasteiger charge is 2.49. The topological polar surface area (TPSA) is 80.6 Å². The van der Waals surface area contributed by atoms with Gasteiger partial charge in [0.05, 0.1) is 10.9 Å². The van der Waals surface area contributed by atoms with Crippen LogP contribution in [0.3, 0.4) is 0 Å². The lowest BCUT2D eigenvalue weighted by Crippen LogP contribution is -2.43. The SMILES string of the molecule is Cc1cccc2c(-c3ncc4c(OCC(F)(F)F)nc(OCC56CCCN5CC(F)C6)nc4c3F)cc(O)cc12. The molecule has 2 unspecified atom stereocenters. The van der Waals surface area contributed by atoms with E-state index >= 15 is 4.39 Å². The molecule has 12 heteroatoms. The lowest BCUT2D eigenvalue weighted by atomic mass is 9.95. The molecule has 2 aliphatic rings. The maximum Gasteiger partial charge on any atom is 0.422 e. The fraction of sp³-hybridized carbons (Fsp3) is 0.393. The number of hydrogen-bond acceptors (Lipinski definition) is 7. The Morgan fingerprint density at radius 2 is 1.95 bits per heavy atom. The molecule has 0 bridgehead atoms. The number of fused-ring (bicyclic) bond motifs is 3. The summed E-state index contributed by atoms with van der Waals surface area (Å²) in [6.07, 6.45) is -2.76. The van der Waals surface area contributed by atoms with Gasteiger partial charge in [-0.3, -0.25) is 9.88 Å². The molecule has 0 spiro atoms. The van der Waals surface area contributed by atoms with E-state index in [4.69, 9.17) is 9.47 Å². The number of aromatic nitrogens is 3. The predicted octanol–water partition coefficient (Wildman–Crippen LogP) is 5.89. The third-order valence-electron chi connectivity index (χ3n) is 7.69. The number of aromatic hydroxyl groups is 1. The van der Waals surface area contributed by atoms with Gasteiger partial charge < -0.3 is 14.6 Å². The van der Waals surface area contributed by atoms with Crippen LogP contribution >= 0.6 is 0 Å². The Morgan fingerprint density at radius 3 is 2.75 bits per heavy atom. The highest BCUT2D eigenvalue weighted by atomic mass is 19.4. The Morgan fingerprint density at radius 1 is 1.12 bits per heavy atom. The number of pyridine rings is 1. The zero-order valence-corrected chi connectivity index (χ0v) is 21.4. The van der Waals surface area contributed by atoms with E-state index in [1.807, 2.05) is 17.9 Å². The third-order valence-corrected chi connectivity index (χ3v) is 7.69. The molecule has 2 aromatic heterocycles. The quantitative estimate of drug-likeness (QED) is 0.295. The summed E-state index contributed by atoms with van der Waals surface area (Å²) in [5, 5.41) is 11.5. The molecule has 4 heterocycles. The zero-order chi connectivity index (χ0) is 28.2. The van der Waals surface area contributed by atoms with E-state index in [0.717, 1.165) is 18.2 Å². The molecule has 2 fully saturated rings. The number of hydrogen-bond donors (Lipinski definition) is 1. The monoisotopic (exact) mass is 560 g/mol. The van der Waals surface area contributed by atoms with Crippen LogP contribution < -0.4 is 9.47 Å². The minimum atomic E-state index is -4.67. The van der Waals surface area contributed by atoms with Crippen LogP contribution in [-0.2, 0) is 0 Å². The second kappa shape index (κ2) is 9.69. The van der Waals surface area contributed by atoms with Gasteiger partial charge in [0.15, 0.2) is 12.4 Å². The number of rotatable bonds is 6. The molecular weight excluding hydrogens is 535 g/mol. The van der Waals surface area contributed by atoms with Gasteiger partial charge in [-0.2, -0.15) is 23.1 Å². The van der Waals surface area contributed by atoms with E-state index in [2.05, 4.69) is 15.0 Å². The van der Waals surface area contributed by atoms with Gasteiger partial charge in [0, 0.05) is 24.7 Å². The number of aryl methyl sites for hydroxylation is 1. The molecule has 0 saturated carbocycles. The van der Waals surface area contributed by atoms with Gasteiger partial charge >= 0.3 is 12.2 Å². The van der Waals surface area contributed by atoms with Crippen molar-refractivity contribution in [1.29, 1.82) is 0 Å². The molecule has 6 rings (SSSR count). The van der Waals surface area contributed by atoms with Gasteiger partial charge in [-0.1, -0.05) is 18.2 Å². The van der Waals surface area contributed by atoms with E-state index in [1.165, 1.54) is 6.07 Å². The Labute approximate surface area is 225 Å². The minimum Gasteiger partial charge on any atom is -0.508 e. The fourth-order valence-electron chi connectivity index (χ4n) is 5.89. The Hall–Kier alpha value is -3.80. The van der Waals surface area contributed by atoms with Crippen molar-refractivity contribution < 1.29 is 36.5 Å². The maximum absolute atomic E-state index is 16.1. The third kappa shape index (κ3) is 4.74. The number of phenols is 1. The Balaban J connectivity index is 1.45. The van der Waals surface area contributed by atoms with Gasteiger partial charge in [-0.25, -0.2) is 8.78 Å². The van der Waals surface area contributed by atoms with Crippen molar-refractivity contribution in [2.45, 2.75) is 44.1 Å². The van der Waals surface area contributed by atoms with Crippen LogP contribution in [0, 0.1) is 12.7 Å². The average molecular weight is 561 g/mol. The highest BCUT2D eigenvalue weighted by molar-refractivity contribution is 6.00. The molecule has 7 nitrogen and oxygen atoms in total. The second-order valence-electron chi connectivity index (χ2n) is 10.4. The number of ether oxygens (including phenoxy) is 2. The smallest absolute Gasteiger partial charge is 0.422 e. The number of alkyl halides is 4. The van der Waals surface area contributed by atoms with Crippen molar-refractivity contribution >= 4 is 21.7 Å². The molecule has 2 aromatic carbocycles. The first kappa shape index (κ1) is 26.4. The molecule has 0 radical (unpaired) electrons. The van der Waals surface area contributed by atoms with E-state index in [1.54, 1.807) is 18.2 Å². The summed E-state index contributed by atoms with van der Waals surface area (Å²) in [5.74, 6) is -1.59. The molecule has 0 amide bonds. The lowest BCUT2D eigenvalue weighted by Gasteiger charge is -2.30. The van der Waals surface area contributed by atoms with E-state index < -0.39 is 36.2 Å². The molecule has 40 heavy (non-hydrogen) atoms. The Bertz CT molecular complexity index is 1620. The van der Waals surface area contributed by atoms with Crippen LogP contribution in [0.4, 0.5) is 22.0 Å². The number of halogens is 5. The molecule has 4 aromatic rings. The largest absolute Gasteiger partial charge is 0.508 e. The van der Waals surface area contributed by atoms with Gasteiger partial charge in [0.1, 0.15) is 29.7 Å². The highest BCUT2D eigenvalue weighted by Crippen LogP contribution is 2.41. The second-order valence-corrected chi connectivity index (χ2v) is 10.4. The first-order valence-corrected chi connectivity index (χ1v) is 12.8. The van der Waals surface area contributed by atoms with Crippen LogP contribution in [0.15, 0.2) is 36.5 Å². The lowest BCUT2D eigenvalue weighted by molar-refractivity contribution is -0.153. The first-order valence-electron chi connectivity index (χ1n) is 12.8. The van der Waals surface area contributed by atoms with Crippen molar-refractivity contribution in [3.8, 4) is 28.9 Å². The van der Waals surface area contributed by atoms with E-state index in [0.29, 0.717) is 23.7 Å². The van der Waals surface area contributed by atoms with Gasteiger partial charge in [-0.05, 0) is 54.8 Å². The van der Waals surface area contributed by atoms with E-state index in [9.17, 15) is 22.7 Å². The van der Waals surface area contributed by atoms with Gasteiger partial charge in [0.2, 0.25) is 5.88 Å². The van der Waals surface area contributed by atoms with Crippen LogP contribution in [0.2, 0.25) is 0 Å². The molecule has 2 aliphatic heterocycles. The van der Waals surface area contributed by atoms with E-state index in [-0.39, 0.29) is 53.5 Å². The van der Waals surface area contributed by atoms with Crippen LogP contribution in [0.5, 0.6) is 17.6 Å². The maximum atomic E-state index is 16.1. The molecule has 0 aliphatic carbocycles. The summed E-state index contributed by atoms with van der Waals surface area (Å²) in [6, 6.07) is 7.91. The van der Waals surface area contributed by atoms with Crippen molar-refractivity contribution in [1.82, 2.24) is 19.9 Å². The summed E-state index contributed by atoms with van der Waals surface area (Å²) < 4.78 is 80.1. The number of nitrogens with zero attached hydrogens (tertiary/aromatic N) is 4. The number of phenolic OH excluding ortho intramolecular Hbond substituents is 1. The van der Waals surface area contributed by atoms with Crippen molar-refractivity contribution in [3.63, 3.8) is 0 Å². The normalized spacial score (nSPS) is 21.3. The molecule has 210 valence electrons. The average Bonchev–Trinajstić information content (AvgIpc) is 3.42. The number of benzene rings is 2. The van der Waals surface area contributed by atoms with Crippen LogP contribution in [0.1, 0.15) is 24.8 Å². The summed E-state index contributed by atoms with van der Waals surface area (Å²) in [5.41, 5.74) is 0.0242. The van der Waals surface area contributed by atoms with Crippen LogP contribution in [0.25, 0.3) is 32.9 Å². The zero-order valence-electron chi connectivity index (χ0n) is 21.4. The fourth-order valence-corrected chi connectivity index (χ4v) is 5.89. The first-order chi connectivity index (χ1) is 19.0. The summed E-state index contributed by atoms with van der Waals surface area (Å²) >= 11 is 0. The van der Waals surface area contributed by atoms with Crippen molar-refractivity contribution in [2.24, 2.45) is 0 Å². The minimum absolute atomic E-state index is 0.00628. The predicted molar refractivity (Wildman–Crippen MR) is 137 cm³/mol. The summed E-state index contributed by atoms with van der Waals surface area (Å²) in [6.45, 7) is 1.16. The standard InChI is InChI=1S/C28H25F5N4O3/c1-15-4-2-5-18-19(15)8-17(38)9-20(18)23-22(30)24-21(11-34-23)25(39-14-28(31,32)33)36-26(35-24)40-13-27-6-3-7-37(27)12-16(29)10-27/h2,4-5,8-9,11,16,38H,3,6-7,10,12-14H2,1H3. The molecule has 2 atom stereocenters. The summed E-state index contributed by atoms with van der Waals surface area (Å²) in [4.78, 5) is 14.4. The Kier molecular flexibility index (Phi) is 6.40.